The summed E-state index contributed by atoms with van der Waals surface area (Å²) in [6.45, 7) is 3.69. The molecule has 0 atom stereocenters. The third kappa shape index (κ3) is 3.27. The van der Waals surface area contributed by atoms with Gasteiger partial charge in [0.2, 0.25) is 11.6 Å². The molecule has 0 fully saturated rings. The molecule has 0 spiro atoms. The molecule has 0 bridgehead atoms. The van der Waals surface area contributed by atoms with E-state index in [9.17, 15) is 9.18 Å². The summed E-state index contributed by atoms with van der Waals surface area (Å²) in [4.78, 5) is 12.4. The number of nitrogens with one attached hydrogen (secondary N) is 1. The average molecular weight is 358 g/mol. The minimum atomic E-state index is -0.609. The SMILES string of the molecule is CC(C)c1c(C(=O)N/N=C\c2ccccc2F)nnn1-c1nonc1N. The fourth-order valence-electron chi connectivity index (χ4n) is 2.26. The van der Waals surface area contributed by atoms with Crippen molar-refractivity contribution in [2.75, 3.05) is 5.73 Å². The van der Waals surface area contributed by atoms with Gasteiger partial charge in [-0.05, 0) is 22.3 Å². The first-order chi connectivity index (χ1) is 12.5. The molecule has 0 aliphatic heterocycles. The van der Waals surface area contributed by atoms with E-state index in [1.807, 2.05) is 13.8 Å². The van der Waals surface area contributed by atoms with Crippen LogP contribution < -0.4 is 11.2 Å². The van der Waals surface area contributed by atoms with E-state index < -0.39 is 11.7 Å². The Hall–Kier alpha value is -3.63. The Labute approximate surface area is 146 Å². The molecule has 3 N–H and O–H groups in total. The van der Waals surface area contributed by atoms with Crippen molar-refractivity contribution in [3.8, 4) is 5.82 Å². The topological polar surface area (TPSA) is 137 Å². The molecule has 1 amide bonds. The maximum atomic E-state index is 13.5. The minimum absolute atomic E-state index is 0.0151. The third-order valence-corrected chi connectivity index (χ3v) is 3.44. The maximum Gasteiger partial charge on any atom is 0.293 e. The number of hydrazone groups is 1. The Morgan fingerprint density at radius 2 is 2.15 bits per heavy atom. The van der Waals surface area contributed by atoms with E-state index in [2.05, 4.69) is 35.8 Å². The molecule has 2 heterocycles. The molecule has 10 nitrogen and oxygen atoms in total. The molecule has 0 aliphatic carbocycles. The van der Waals surface area contributed by atoms with Gasteiger partial charge < -0.3 is 5.73 Å². The molecule has 3 rings (SSSR count). The van der Waals surface area contributed by atoms with Gasteiger partial charge in [0.1, 0.15) is 5.82 Å². The summed E-state index contributed by atoms with van der Waals surface area (Å²) in [6, 6.07) is 6.04. The quantitative estimate of drug-likeness (QED) is 0.517. The third-order valence-electron chi connectivity index (χ3n) is 3.44. The van der Waals surface area contributed by atoms with E-state index in [0.717, 1.165) is 0 Å². The van der Waals surface area contributed by atoms with Crippen LogP contribution in [0.2, 0.25) is 0 Å². The number of anilines is 1. The molecular weight excluding hydrogens is 343 g/mol. The van der Waals surface area contributed by atoms with Crippen LogP contribution in [0.3, 0.4) is 0 Å². The van der Waals surface area contributed by atoms with E-state index in [-0.39, 0.29) is 28.8 Å². The highest BCUT2D eigenvalue weighted by molar-refractivity contribution is 5.94. The Kier molecular flexibility index (Phi) is 4.69. The van der Waals surface area contributed by atoms with E-state index in [1.165, 1.54) is 23.0 Å². The Morgan fingerprint density at radius 1 is 1.38 bits per heavy atom. The molecule has 134 valence electrons. The van der Waals surface area contributed by atoms with Crippen molar-refractivity contribution in [1.29, 1.82) is 0 Å². The summed E-state index contributed by atoms with van der Waals surface area (Å²) in [5, 5.41) is 18.7. The van der Waals surface area contributed by atoms with Gasteiger partial charge in [0.05, 0.1) is 11.9 Å². The van der Waals surface area contributed by atoms with Crippen molar-refractivity contribution in [2.24, 2.45) is 5.10 Å². The van der Waals surface area contributed by atoms with E-state index in [0.29, 0.717) is 5.69 Å². The number of hydrogen-bond acceptors (Lipinski definition) is 8. The van der Waals surface area contributed by atoms with Gasteiger partial charge in [-0.2, -0.15) is 9.78 Å². The second kappa shape index (κ2) is 7.09. The summed E-state index contributed by atoms with van der Waals surface area (Å²) in [5.74, 6) is -1.05. The fraction of sp³-hybridized carbons (Fsp3) is 0.200. The van der Waals surface area contributed by atoms with Gasteiger partial charge in [-0.25, -0.2) is 14.4 Å². The predicted molar refractivity (Wildman–Crippen MR) is 89.2 cm³/mol. The molecule has 3 aromatic rings. The number of halogens is 1. The molecule has 0 radical (unpaired) electrons. The highest BCUT2D eigenvalue weighted by Gasteiger charge is 2.25. The maximum absolute atomic E-state index is 13.5. The number of carbonyl (C=O) groups excluding carboxylic acids is 1. The second-order valence-corrected chi connectivity index (χ2v) is 5.58. The number of aromatic nitrogens is 5. The van der Waals surface area contributed by atoms with Crippen molar-refractivity contribution in [3.05, 3.63) is 47.0 Å². The Morgan fingerprint density at radius 3 is 2.81 bits per heavy atom. The van der Waals surface area contributed by atoms with Crippen molar-refractivity contribution in [1.82, 2.24) is 30.7 Å². The standard InChI is InChI=1S/C15H15FN8O2/c1-8(2)12-11(19-23-24(12)14-13(17)21-26-22-14)15(25)20-18-7-9-5-3-4-6-10(9)16/h3-8H,1-2H3,(H2,17,21)(H,20,25)/b18-7-. The first-order valence-electron chi connectivity index (χ1n) is 7.61. The van der Waals surface area contributed by atoms with Gasteiger partial charge in [0.25, 0.3) is 5.91 Å². The van der Waals surface area contributed by atoms with Crippen LogP contribution in [0.25, 0.3) is 5.82 Å². The monoisotopic (exact) mass is 358 g/mol. The van der Waals surface area contributed by atoms with Crippen LogP contribution in [0.15, 0.2) is 34.0 Å². The van der Waals surface area contributed by atoms with Crippen LogP contribution in [0.4, 0.5) is 10.2 Å². The van der Waals surface area contributed by atoms with Crippen molar-refractivity contribution in [3.63, 3.8) is 0 Å². The van der Waals surface area contributed by atoms with Gasteiger partial charge in [0, 0.05) is 5.56 Å². The van der Waals surface area contributed by atoms with Gasteiger partial charge in [-0.3, -0.25) is 4.79 Å². The molecule has 26 heavy (non-hydrogen) atoms. The zero-order valence-electron chi connectivity index (χ0n) is 13.9. The molecule has 0 aliphatic rings. The number of hydrogen-bond donors (Lipinski definition) is 2. The lowest BCUT2D eigenvalue weighted by Gasteiger charge is -2.08. The highest BCUT2D eigenvalue weighted by Crippen LogP contribution is 2.22. The van der Waals surface area contributed by atoms with Crippen LogP contribution in [-0.4, -0.2) is 37.4 Å². The van der Waals surface area contributed by atoms with Gasteiger partial charge in [0.15, 0.2) is 5.69 Å². The molecule has 11 heteroatoms. The van der Waals surface area contributed by atoms with Crippen LogP contribution in [-0.2, 0) is 0 Å². The minimum Gasteiger partial charge on any atom is -0.378 e. The lowest BCUT2D eigenvalue weighted by atomic mass is 10.1. The van der Waals surface area contributed by atoms with Gasteiger partial charge >= 0.3 is 0 Å². The first-order valence-corrected chi connectivity index (χ1v) is 7.61. The summed E-state index contributed by atoms with van der Waals surface area (Å²) in [7, 11) is 0. The summed E-state index contributed by atoms with van der Waals surface area (Å²) >= 11 is 0. The lowest BCUT2D eigenvalue weighted by molar-refractivity contribution is 0.0948. The Bertz CT molecular complexity index is 962. The van der Waals surface area contributed by atoms with E-state index >= 15 is 0 Å². The Balaban J connectivity index is 1.85. The number of benzene rings is 1. The van der Waals surface area contributed by atoms with Gasteiger partial charge in [-0.15, -0.1) is 5.10 Å². The van der Waals surface area contributed by atoms with Crippen molar-refractivity contribution in [2.45, 2.75) is 19.8 Å². The average Bonchev–Trinajstić information content (AvgIpc) is 3.22. The molecule has 2 aromatic heterocycles. The van der Waals surface area contributed by atoms with E-state index in [1.54, 1.807) is 12.1 Å². The van der Waals surface area contributed by atoms with Crippen LogP contribution in [0.1, 0.15) is 41.5 Å². The largest absolute Gasteiger partial charge is 0.378 e. The number of rotatable bonds is 5. The second-order valence-electron chi connectivity index (χ2n) is 5.58. The number of nitrogens with zero attached hydrogens (tertiary/aromatic N) is 6. The molecule has 0 unspecified atom stereocenters. The number of nitrogens with two attached hydrogens (primary N) is 1. The zero-order chi connectivity index (χ0) is 18.7. The molecule has 1 aromatic carbocycles. The fourth-order valence-corrected chi connectivity index (χ4v) is 2.26. The summed E-state index contributed by atoms with van der Waals surface area (Å²) in [5.41, 5.74) is 8.69. The number of amides is 1. The number of carbonyl (C=O) groups is 1. The predicted octanol–water partition coefficient (Wildman–Crippen LogP) is 1.26. The summed E-state index contributed by atoms with van der Waals surface area (Å²) in [6.07, 6.45) is 1.20. The van der Waals surface area contributed by atoms with Crippen molar-refractivity contribution >= 4 is 17.9 Å². The molecule has 0 saturated carbocycles. The van der Waals surface area contributed by atoms with E-state index in [4.69, 9.17) is 5.73 Å². The smallest absolute Gasteiger partial charge is 0.293 e. The molecular formula is C15H15FN8O2. The lowest BCUT2D eigenvalue weighted by Crippen LogP contribution is -2.21. The van der Waals surface area contributed by atoms with Gasteiger partial charge in [-0.1, -0.05) is 37.3 Å². The molecule has 0 saturated heterocycles. The first kappa shape index (κ1) is 17.2. The van der Waals surface area contributed by atoms with Crippen LogP contribution in [0, 0.1) is 5.82 Å². The highest BCUT2D eigenvalue weighted by atomic mass is 19.1. The normalized spacial score (nSPS) is 11.4. The summed E-state index contributed by atoms with van der Waals surface area (Å²) < 4.78 is 19.4. The van der Waals surface area contributed by atoms with Crippen molar-refractivity contribution < 1.29 is 13.8 Å². The number of nitrogen functional groups attached to an aromatic ring is 1. The van der Waals surface area contributed by atoms with Crippen LogP contribution >= 0.6 is 0 Å². The zero-order valence-corrected chi connectivity index (χ0v) is 13.9. The van der Waals surface area contributed by atoms with Crippen LogP contribution in [0.5, 0.6) is 0 Å².